The van der Waals surface area contributed by atoms with E-state index in [4.69, 9.17) is 25.6 Å². The van der Waals surface area contributed by atoms with Crippen molar-refractivity contribution in [2.45, 2.75) is 25.7 Å². The number of benzene rings is 2. The Balaban J connectivity index is 0.00000481. The molecule has 3 rings (SSSR count). The number of carbonyl (C=O) groups is 2. The maximum atomic E-state index is 13.0. The molecule has 0 aliphatic heterocycles. The minimum atomic E-state index is -4.10. The van der Waals surface area contributed by atoms with Gasteiger partial charge in [0.25, 0.3) is 10.1 Å². The van der Waals surface area contributed by atoms with E-state index in [1.807, 2.05) is 30.3 Å². The molecule has 38 heavy (non-hydrogen) atoms. The summed E-state index contributed by atoms with van der Waals surface area (Å²) < 4.78 is 41.1. The molecule has 1 fully saturated rings. The Morgan fingerprint density at radius 2 is 1.53 bits per heavy atom. The van der Waals surface area contributed by atoms with Crippen molar-refractivity contribution in [3.05, 3.63) is 59.6 Å². The number of halogens is 1. The summed E-state index contributed by atoms with van der Waals surface area (Å²) in [5.41, 5.74) is 1.37. The van der Waals surface area contributed by atoms with Gasteiger partial charge in [-0.3, -0.25) is 9.35 Å². The van der Waals surface area contributed by atoms with E-state index in [9.17, 15) is 18.0 Å². The van der Waals surface area contributed by atoms with Gasteiger partial charge in [-0.2, -0.15) is 8.42 Å². The van der Waals surface area contributed by atoms with Crippen molar-refractivity contribution in [2.75, 3.05) is 37.0 Å². The molecule has 2 aromatic carbocycles. The van der Waals surface area contributed by atoms with Crippen LogP contribution in [0.15, 0.2) is 54.6 Å². The van der Waals surface area contributed by atoms with Gasteiger partial charge in [0.15, 0.2) is 0 Å². The summed E-state index contributed by atoms with van der Waals surface area (Å²) in [6.07, 6.45) is 3.11. The minimum Gasteiger partial charge on any atom is -1.00 e. The van der Waals surface area contributed by atoms with E-state index in [0.29, 0.717) is 35.5 Å². The van der Waals surface area contributed by atoms with E-state index in [1.54, 1.807) is 24.3 Å². The fourth-order valence-electron chi connectivity index (χ4n) is 4.03. The first-order chi connectivity index (χ1) is 17.2. The third kappa shape index (κ3) is 12.0. The molecule has 0 bridgehead atoms. The molecule has 10 nitrogen and oxygen atoms in total. The average molecular weight is 581 g/mol. The number of para-hydroxylation sites is 1. The summed E-state index contributed by atoms with van der Waals surface area (Å²) in [5, 5.41) is 2.97. The van der Waals surface area contributed by atoms with E-state index in [0.717, 1.165) is 25.7 Å². The van der Waals surface area contributed by atoms with Crippen LogP contribution in [0.25, 0.3) is 0 Å². The number of ether oxygens (including phenoxy) is 2. The summed E-state index contributed by atoms with van der Waals surface area (Å²) in [6, 6.07) is 16.3. The van der Waals surface area contributed by atoms with Crippen molar-refractivity contribution in [3.63, 3.8) is 0 Å². The molecule has 4 N–H and O–H groups in total. The summed E-state index contributed by atoms with van der Waals surface area (Å²) in [4.78, 5) is 26.2. The maximum absolute atomic E-state index is 13.0. The van der Waals surface area contributed by atoms with Crippen LogP contribution in [0, 0.1) is 11.8 Å². The van der Waals surface area contributed by atoms with Crippen molar-refractivity contribution in [1.29, 1.82) is 0 Å². The first-order valence-corrected chi connectivity index (χ1v) is 13.8. The van der Waals surface area contributed by atoms with Crippen molar-refractivity contribution >= 4 is 45.1 Å². The Hall–Kier alpha value is -1.70. The second-order valence-electron chi connectivity index (χ2n) is 8.76. The van der Waals surface area contributed by atoms with Gasteiger partial charge in [-0.05, 0) is 73.9 Å². The third-order valence-corrected chi connectivity index (χ3v) is 6.93. The number of rotatable bonds is 11. The molecule has 1 aliphatic carbocycles. The summed E-state index contributed by atoms with van der Waals surface area (Å²) in [7, 11) is -4.10. The second-order valence-corrected chi connectivity index (χ2v) is 10.8. The number of nitrogens with zero attached hydrogens (tertiary/aromatic N) is 1. The zero-order valence-corrected chi connectivity index (χ0v) is 24.9. The molecule has 0 saturated heterocycles. The normalized spacial score (nSPS) is 16.9. The van der Waals surface area contributed by atoms with Crippen LogP contribution in [-0.4, -0.2) is 62.6 Å². The molecule has 0 atom stereocenters. The zero-order chi connectivity index (χ0) is 26.0. The third-order valence-electron chi connectivity index (χ3n) is 5.96. The van der Waals surface area contributed by atoms with Gasteiger partial charge in [0.1, 0.15) is 6.61 Å². The van der Waals surface area contributed by atoms with Crippen molar-refractivity contribution < 1.29 is 68.5 Å². The van der Waals surface area contributed by atoms with Crippen LogP contribution in [0.3, 0.4) is 0 Å². The number of nitrogens with one attached hydrogen (secondary N) is 1. The van der Waals surface area contributed by atoms with E-state index in [-0.39, 0.29) is 55.5 Å². The van der Waals surface area contributed by atoms with E-state index in [2.05, 4.69) is 5.32 Å². The van der Waals surface area contributed by atoms with Gasteiger partial charge in [0.2, 0.25) is 5.91 Å². The Labute approximate surface area is 251 Å². The molecule has 0 heterocycles. The fourth-order valence-corrected chi connectivity index (χ4v) is 4.52. The molecule has 0 radical (unpaired) electrons. The topological polar surface area (TPSA) is 154 Å². The Bertz CT molecular complexity index is 1100. The Morgan fingerprint density at radius 1 is 0.974 bits per heavy atom. The number of carbonyl (C=O) groups excluding carboxylic acids is 2. The first kappa shape index (κ1) is 34.3. The van der Waals surface area contributed by atoms with E-state index >= 15 is 0 Å². The van der Waals surface area contributed by atoms with Crippen LogP contribution in [0.5, 0.6) is 0 Å². The van der Waals surface area contributed by atoms with E-state index in [1.165, 1.54) is 4.90 Å². The SMILES string of the molecule is O.O=C(COCC1CCC(COC(=O)N(c2ccccc2)c2ccc(Cl)cc2)CC1)NCCS(=O)(=O)O.[H-].[Na+]. The molecule has 2 amide bonds. The van der Waals surface area contributed by atoms with E-state index < -0.39 is 27.9 Å². The quantitative estimate of drug-likeness (QED) is 0.293. The van der Waals surface area contributed by atoms with Gasteiger partial charge in [0, 0.05) is 11.6 Å². The zero-order valence-electron chi connectivity index (χ0n) is 22.3. The molecule has 0 aromatic heterocycles. The standard InChI is InChI=1S/C25H31ClN2O7S.Na.H2O.H/c26-21-10-12-23(13-11-21)28(22-4-2-1-3-5-22)25(30)35-17-20-8-6-19(7-9-20)16-34-18-24(29)27-14-15-36(31,32)33;;;/h1-5,10-13,19-20H,6-9,14-18H2,(H,27,29)(H,31,32,33);;1H2;/q;+1;;-1. The molecular formula is C25H34ClN2NaO8S. The van der Waals surface area contributed by atoms with Crippen molar-refractivity contribution in [1.82, 2.24) is 5.32 Å². The smallest absolute Gasteiger partial charge is 1.00 e. The predicted molar refractivity (Wildman–Crippen MR) is 142 cm³/mol. The van der Waals surface area contributed by atoms with Crippen LogP contribution in [0.1, 0.15) is 27.1 Å². The van der Waals surface area contributed by atoms with Gasteiger partial charge in [-0.15, -0.1) is 0 Å². The first-order valence-electron chi connectivity index (χ1n) is 11.8. The van der Waals surface area contributed by atoms with Crippen LogP contribution < -0.4 is 39.8 Å². The number of hydrogen-bond acceptors (Lipinski definition) is 6. The molecule has 13 heteroatoms. The summed E-state index contributed by atoms with van der Waals surface area (Å²) >= 11 is 6.01. The van der Waals surface area contributed by atoms with Gasteiger partial charge in [0.05, 0.1) is 30.3 Å². The monoisotopic (exact) mass is 580 g/mol. The molecule has 1 aliphatic rings. The minimum absolute atomic E-state index is 0. The summed E-state index contributed by atoms with van der Waals surface area (Å²) in [6.45, 7) is 0.420. The number of anilines is 2. The predicted octanol–water partition coefficient (Wildman–Crippen LogP) is 0.734. The van der Waals surface area contributed by atoms with Crippen LogP contribution in [-0.2, 0) is 24.4 Å². The average Bonchev–Trinajstić information content (AvgIpc) is 2.85. The second kappa shape index (κ2) is 17.1. The molecule has 2 aromatic rings. The van der Waals surface area contributed by atoms with Crippen molar-refractivity contribution in [3.8, 4) is 0 Å². The largest absolute Gasteiger partial charge is 1.00 e. The van der Waals surface area contributed by atoms with Crippen molar-refractivity contribution in [2.24, 2.45) is 11.8 Å². The number of amides is 2. The van der Waals surface area contributed by atoms with Gasteiger partial charge >= 0.3 is 35.7 Å². The Morgan fingerprint density at radius 3 is 2.11 bits per heavy atom. The molecular weight excluding hydrogens is 547 g/mol. The fraction of sp³-hybridized carbons (Fsp3) is 0.440. The molecule has 0 unspecified atom stereocenters. The van der Waals surface area contributed by atoms with Gasteiger partial charge in [-0.1, -0.05) is 29.8 Å². The van der Waals surface area contributed by atoms with Crippen LogP contribution >= 0.6 is 11.6 Å². The molecule has 0 spiro atoms. The molecule has 1 saturated carbocycles. The Kier molecular flexibility index (Phi) is 15.4. The number of hydrogen-bond donors (Lipinski definition) is 2. The van der Waals surface area contributed by atoms with Crippen LogP contribution in [0.2, 0.25) is 5.02 Å². The van der Waals surface area contributed by atoms with Crippen LogP contribution in [0.4, 0.5) is 16.2 Å². The molecule has 206 valence electrons. The van der Waals surface area contributed by atoms with Gasteiger partial charge in [-0.25, -0.2) is 9.69 Å². The maximum Gasteiger partial charge on any atom is 1.00 e. The van der Waals surface area contributed by atoms with Gasteiger partial charge < -0.3 is 21.7 Å². The summed E-state index contributed by atoms with van der Waals surface area (Å²) in [5.74, 6) is -0.409.